The van der Waals surface area contributed by atoms with E-state index in [4.69, 9.17) is 9.97 Å². The fourth-order valence-corrected chi connectivity index (χ4v) is 9.72. The molecule has 8 aromatic rings. The Kier molecular flexibility index (Phi) is 13.5. The minimum absolute atomic E-state index is 0. The molecule has 0 saturated heterocycles. The SMILES string of the molecule is Cc1cc(C)c(B(c2cc(-c3cc(-c4ccccc4)ccn3)[c-]c(-c3cc(-c4c(C(C)C)cccc4C(C)C)cc(-c4ccccc4O)n3)c2)c2c(C)cc(C)cc2C)c(C)c1.[Pt]. The van der Waals surface area contributed by atoms with Crippen molar-refractivity contribution in [1.82, 2.24) is 9.97 Å². The quantitative estimate of drug-likeness (QED) is 0.110. The van der Waals surface area contributed by atoms with Gasteiger partial charge in [-0.05, 0) is 111 Å². The Hall–Kier alpha value is -5.83. The van der Waals surface area contributed by atoms with Crippen LogP contribution in [0.4, 0.5) is 0 Å². The molecule has 5 heteroatoms. The number of hydrogen-bond donors (Lipinski definition) is 1. The second-order valence-corrected chi connectivity index (χ2v) is 17.9. The third-order valence-electron chi connectivity index (χ3n) is 12.4. The predicted octanol–water partition coefficient (Wildman–Crippen LogP) is 12.9. The zero-order valence-electron chi connectivity index (χ0n) is 38.2. The molecule has 0 radical (unpaired) electrons. The number of rotatable bonds is 10. The van der Waals surface area contributed by atoms with E-state index in [9.17, 15) is 5.11 Å². The Labute approximate surface area is 390 Å². The maximum Gasteiger partial charge on any atom is 0.227 e. The molecule has 1 N–H and O–H groups in total. The van der Waals surface area contributed by atoms with Crippen molar-refractivity contribution in [2.75, 3.05) is 0 Å². The molecule has 0 fully saturated rings. The first-order chi connectivity index (χ1) is 29.8. The number of phenols is 1. The van der Waals surface area contributed by atoms with Crippen LogP contribution in [-0.2, 0) is 21.1 Å². The van der Waals surface area contributed by atoms with Crippen LogP contribution in [0.15, 0.2) is 140 Å². The van der Waals surface area contributed by atoms with Crippen LogP contribution < -0.4 is 16.4 Å². The van der Waals surface area contributed by atoms with Crippen molar-refractivity contribution in [3.63, 3.8) is 0 Å². The molecule has 2 heterocycles. The Balaban J connectivity index is 0.00000595. The smallest absolute Gasteiger partial charge is 0.227 e. The van der Waals surface area contributed by atoms with Gasteiger partial charge in [0.25, 0.3) is 0 Å². The molecule has 0 aliphatic carbocycles. The summed E-state index contributed by atoms with van der Waals surface area (Å²) in [6.07, 6.45) is 1.91. The largest absolute Gasteiger partial charge is 0.507 e. The fourth-order valence-electron chi connectivity index (χ4n) is 9.72. The molecule has 318 valence electrons. The number of pyridine rings is 2. The van der Waals surface area contributed by atoms with E-state index in [-0.39, 0.29) is 33.5 Å². The maximum absolute atomic E-state index is 11.3. The van der Waals surface area contributed by atoms with Crippen molar-refractivity contribution >= 4 is 23.1 Å². The number of hydrogen-bond acceptors (Lipinski definition) is 3. The van der Waals surface area contributed by atoms with Crippen LogP contribution >= 0.6 is 0 Å². The Morgan fingerprint density at radius 2 is 1.02 bits per heavy atom. The first kappa shape index (κ1) is 45.2. The maximum atomic E-state index is 11.3. The summed E-state index contributed by atoms with van der Waals surface area (Å²) < 4.78 is 0. The van der Waals surface area contributed by atoms with E-state index in [1.807, 2.05) is 30.5 Å². The van der Waals surface area contributed by atoms with Crippen LogP contribution in [-0.4, -0.2) is 21.8 Å². The third-order valence-corrected chi connectivity index (χ3v) is 12.4. The van der Waals surface area contributed by atoms with E-state index >= 15 is 0 Å². The zero-order valence-corrected chi connectivity index (χ0v) is 40.4. The van der Waals surface area contributed by atoms with Crippen LogP contribution in [0.25, 0.3) is 56.0 Å². The van der Waals surface area contributed by atoms with E-state index in [2.05, 4.69) is 178 Å². The number of para-hydroxylation sites is 1. The van der Waals surface area contributed by atoms with Gasteiger partial charge in [-0.1, -0.05) is 180 Å². The number of phenolic OH excluding ortho intramolecular Hbond substituents is 1. The standard InChI is InChI=1S/C58H56BN2O.Pt/c1-35(2)49-20-16-21-50(36(3)4)56(49)47-33-53(61-54(34-47)51-19-14-15-22-55(51)62)46-29-45(52-32-44(23-24-60-52)43-17-12-11-13-18-43)30-48(31-46)59(57-39(7)25-37(5)26-40(57)8)58-41(9)27-38(6)28-42(58)10;/h11-28,30-36,62H,1-10H3;/q-1;. The van der Waals surface area contributed by atoms with Crippen molar-refractivity contribution in [3.8, 4) is 61.8 Å². The second kappa shape index (κ2) is 18.9. The van der Waals surface area contributed by atoms with E-state index in [1.165, 1.54) is 61.0 Å². The number of aromatic hydroxyl groups is 1. The Bertz CT molecular complexity index is 2820. The average Bonchev–Trinajstić information content (AvgIpc) is 3.25. The third kappa shape index (κ3) is 9.30. The molecular formula is C58H56BN2OPt-. The van der Waals surface area contributed by atoms with Crippen molar-refractivity contribution in [3.05, 3.63) is 190 Å². The van der Waals surface area contributed by atoms with Crippen molar-refractivity contribution in [2.45, 2.75) is 81.1 Å². The molecule has 0 unspecified atom stereocenters. The predicted molar refractivity (Wildman–Crippen MR) is 264 cm³/mol. The monoisotopic (exact) mass is 1000 g/mol. The molecule has 0 amide bonds. The van der Waals surface area contributed by atoms with E-state index < -0.39 is 0 Å². The molecule has 2 aromatic heterocycles. The van der Waals surface area contributed by atoms with Crippen molar-refractivity contribution in [1.29, 1.82) is 0 Å². The number of nitrogens with zero attached hydrogens (tertiary/aromatic N) is 2. The van der Waals surface area contributed by atoms with E-state index in [0.29, 0.717) is 23.1 Å². The Morgan fingerprint density at radius 3 is 1.57 bits per heavy atom. The first-order valence-corrected chi connectivity index (χ1v) is 22.0. The van der Waals surface area contributed by atoms with Gasteiger partial charge in [0.15, 0.2) is 0 Å². The van der Waals surface area contributed by atoms with Crippen LogP contribution in [0.2, 0.25) is 0 Å². The summed E-state index contributed by atoms with van der Waals surface area (Å²) >= 11 is 0. The van der Waals surface area contributed by atoms with Gasteiger partial charge in [0.1, 0.15) is 5.75 Å². The van der Waals surface area contributed by atoms with Crippen LogP contribution in [0.3, 0.4) is 0 Å². The minimum Gasteiger partial charge on any atom is -0.507 e. The summed E-state index contributed by atoms with van der Waals surface area (Å²) in [5, 5.41) is 11.3. The topological polar surface area (TPSA) is 46.0 Å². The average molecular weight is 1000 g/mol. The normalized spacial score (nSPS) is 11.2. The molecule has 3 nitrogen and oxygen atoms in total. The number of aryl methyl sites for hydroxylation is 6. The van der Waals surface area contributed by atoms with Crippen LogP contribution in [0.1, 0.15) is 84.0 Å². The van der Waals surface area contributed by atoms with E-state index in [1.54, 1.807) is 6.07 Å². The van der Waals surface area contributed by atoms with Gasteiger partial charge in [0.05, 0.1) is 5.69 Å². The minimum atomic E-state index is -0.0874. The van der Waals surface area contributed by atoms with Crippen molar-refractivity contribution < 1.29 is 26.2 Å². The van der Waals surface area contributed by atoms with E-state index in [0.717, 1.165) is 44.7 Å². The summed E-state index contributed by atoms with van der Waals surface area (Å²) in [5.41, 5.74) is 23.2. The Morgan fingerprint density at radius 1 is 0.508 bits per heavy atom. The molecule has 0 spiro atoms. The van der Waals surface area contributed by atoms with Gasteiger partial charge in [0.2, 0.25) is 6.71 Å². The number of benzene rings is 6. The summed E-state index contributed by atoms with van der Waals surface area (Å²) in [4.78, 5) is 10.5. The number of aromatic nitrogens is 2. The molecular weight excluding hydrogens is 947 g/mol. The van der Waals surface area contributed by atoms with Crippen LogP contribution in [0, 0.1) is 47.6 Å². The summed E-state index contributed by atoms with van der Waals surface area (Å²) in [6.45, 7) is 22.4. The molecule has 63 heavy (non-hydrogen) atoms. The summed E-state index contributed by atoms with van der Waals surface area (Å²) in [5.74, 6) is 0.780. The van der Waals surface area contributed by atoms with Gasteiger partial charge in [-0.15, -0.1) is 23.7 Å². The molecule has 8 rings (SSSR count). The van der Waals surface area contributed by atoms with Gasteiger partial charge in [-0.25, -0.2) is 0 Å². The molecule has 0 atom stereocenters. The molecule has 0 aliphatic rings. The molecule has 6 aromatic carbocycles. The summed E-state index contributed by atoms with van der Waals surface area (Å²) in [7, 11) is 0. The zero-order chi connectivity index (χ0) is 43.8. The molecule has 0 saturated carbocycles. The van der Waals surface area contributed by atoms with Crippen molar-refractivity contribution in [2.24, 2.45) is 0 Å². The second-order valence-electron chi connectivity index (χ2n) is 17.9. The van der Waals surface area contributed by atoms with Gasteiger partial charge in [-0.2, -0.15) is 0 Å². The summed E-state index contributed by atoms with van der Waals surface area (Å²) in [6, 6.07) is 51.1. The first-order valence-electron chi connectivity index (χ1n) is 22.0. The molecule has 0 aliphatic heterocycles. The fraction of sp³-hybridized carbons (Fsp3) is 0.207. The van der Waals surface area contributed by atoms with Gasteiger partial charge >= 0.3 is 0 Å². The van der Waals surface area contributed by atoms with Gasteiger partial charge < -0.3 is 5.11 Å². The van der Waals surface area contributed by atoms with Crippen LogP contribution in [0.5, 0.6) is 5.75 Å². The molecule has 0 bridgehead atoms. The van der Waals surface area contributed by atoms with Gasteiger partial charge in [-0.3, -0.25) is 9.97 Å². The van der Waals surface area contributed by atoms with Gasteiger partial charge in [0, 0.05) is 44.2 Å².